The van der Waals surface area contributed by atoms with E-state index in [9.17, 15) is 22.4 Å². The molecule has 0 saturated heterocycles. The van der Waals surface area contributed by atoms with E-state index in [0.29, 0.717) is 6.07 Å². The van der Waals surface area contributed by atoms with Crippen molar-refractivity contribution in [3.8, 4) is 5.95 Å². The van der Waals surface area contributed by atoms with E-state index in [1.165, 1.54) is 10.7 Å². The van der Waals surface area contributed by atoms with Gasteiger partial charge in [0.05, 0.1) is 11.2 Å². The number of aromatic nitrogens is 4. The molecule has 2 aromatic heterocycles. The van der Waals surface area contributed by atoms with Crippen LogP contribution >= 0.6 is 0 Å². The van der Waals surface area contributed by atoms with Crippen molar-refractivity contribution in [1.29, 1.82) is 0 Å². The predicted octanol–water partition coefficient (Wildman–Crippen LogP) is 3.72. The van der Waals surface area contributed by atoms with Crippen LogP contribution in [0.1, 0.15) is 25.1 Å². The molecule has 0 fully saturated rings. The number of carbonyl (C=O) groups excluding carboxylic acids is 1. The van der Waals surface area contributed by atoms with Gasteiger partial charge < -0.3 is 16.8 Å². The Morgan fingerprint density at radius 2 is 1.68 bits per heavy atom. The van der Waals surface area contributed by atoms with Crippen LogP contribution in [0.2, 0.25) is 0 Å². The van der Waals surface area contributed by atoms with E-state index >= 15 is 0 Å². The topological polar surface area (TPSA) is 125 Å². The van der Waals surface area contributed by atoms with Crippen LogP contribution in [0.15, 0.2) is 30.3 Å². The normalized spacial score (nSPS) is 11.4. The molecular formula is C22H19F4N7O. The maximum atomic E-state index is 14.3. The molecule has 34 heavy (non-hydrogen) atoms. The summed E-state index contributed by atoms with van der Waals surface area (Å²) in [6.07, 6.45) is -0.476. The van der Waals surface area contributed by atoms with Gasteiger partial charge >= 0.3 is 0 Å². The molecule has 0 aliphatic carbocycles. The van der Waals surface area contributed by atoms with E-state index in [4.69, 9.17) is 11.5 Å². The Bertz CT molecular complexity index is 1410. The van der Waals surface area contributed by atoms with E-state index in [-0.39, 0.29) is 51.7 Å². The molecule has 1 amide bonds. The van der Waals surface area contributed by atoms with Gasteiger partial charge in [-0.2, -0.15) is 19.7 Å². The average molecular weight is 473 g/mol. The minimum absolute atomic E-state index is 0.0223. The zero-order valence-corrected chi connectivity index (χ0v) is 18.0. The highest BCUT2D eigenvalue weighted by atomic mass is 19.2. The van der Waals surface area contributed by atoms with Gasteiger partial charge in [0.25, 0.3) is 5.95 Å². The average Bonchev–Trinajstić information content (AvgIpc) is 3.13. The van der Waals surface area contributed by atoms with Crippen LogP contribution in [0.5, 0.6) is 0 Å². The van der Waals surface area contributed by atoms with Crippen molar-refractivity contribution in [2.24, 2.45) is 5.92 Å². The third kappa shape index (κ3) is 4.09. The van der Waals surface area contributed by atoms with Crippen LogP contribution in [0.3, 0.4) is 0 Å². The number of benzene rings is 2. The summed E-state index contributed by atoms with van der Waals surface area (Å²) in [7, 11) is 0. The summed E-state index contributed by atoms with van der Waals surface area (Å²) in [6, 6.07) is 5.10. The van der Waals surface area contributed by atoms with Crippen molar-refractivity contribution in [1.82, 2.24) is 19.7 Å². The first kappa shape index (κ1) is 23.0. The summed E-state index contributed by atoms with van der Waals surface area (Å²) in [4.78, 5) is 20.3. The second-order valence-electron chi connectivity index (χ2n) is 7.83. The zero-order chi connectivity index (χ0) is 24.7. The molecule has 4 rings (SSSR count). The van der Waals surface area contributed by atoms with Crippen LogP contribution in [0.25, 0.3) is 16.9 Å². The Morgan fingerprint density at radius 3 is 2.32 bits per heavy atom. The van der Waals surface area contributed by atoms with Gasteiger partial charge in [-0.3, -0.25) is 4.79 Å². The molecule has 0 spiro atoms. The molecule has 12 heteroatoms. The summed E-state index contributed by atoms with van der Waals surface area (Å²) in [5.41, 5.74) is 11.7. The van der Waals surface area contributed by atoms with Gasteiger partial charge in [-0.25, -0.2) is 17.6 Å². The Hall–Kier alpha value is -4.22. The second kappa shape index (κ2) is 8.61. The van der Waals surface area contributed by atoms with Gasteiger partial charge in [0.1, 0.15) is 17.3 Å². The number of nitrogens with one attached hydrogen (secondary N) is 1. The molecule has 0 atom stereocenters. The molecule has 0 bridgehead atoms. The van der Waals surface area contributed by atoms with Crippen molar-refractivity contribution in [3.05, 3.63) is 64.9 Å². The summed E-state index contributed by atoms with van der Waals surface area (Å²) >= 11 is 0. The Balaban J connectivity index is 1.84. The van der Waals surface area contributed by atoms with Crippen LogP contribution in [-0.4, -0.2) is 25.7 Å². The van der Waals surface area contributed by atoms with Gasteiger partial charge in [-0.15, -0.1) is 0 Å². The fourth-order valence-electron chi connectivity index (χ4n) is 3.31. The summed E-state index contributed by atoms with van der Waals surface area (Å²) in [5.74, 6) is -5.32. The van der Waals surface area contributed by atoms with Gasteiger partial charge in [-0.1, -0.05) is 13.8 Å². The van der Waals surface area contributed by atoms with Crippen LogP contribution in [0, 0.1) is 29.2 Å². The highest BCUT2D eigenvalue weighted by Crippen LogP contribution is 2.29. The van der Waals surface area contributed by atoms with Gasteiger partial charge in [-0.05, 0) is 30.3 Å². The highest BCUT2D eigenvalue weighted by Gasteiger charge is 2.22. The maximum Gasteiger partial charge on any atom is 0.255 e. The number of carbonyl (C=O) groups is 1. The number of hydrogen-bond donors (Lipinski definition) is 3. The lowest BCUT2D eigenvalue weighted by molar-refractivity contribution is -0.118. The first-order valence-corrected chi connectivity index (χ1v) is 10.1. The zero-order valence-electron chi connectivity index (χ0n) is 18.0. The quantitative estimate of drug-likeness (QED) is 0.300. The summed E-state index contributed by atoms with van der Waals surface area (Å²) < 4.78 is 57.3. The van der Waals surface area contributed by atoms with Crippen LogP contribution in [-0.2, 0) is 11.2 Å². The number of hydrogen-bond acceptors (Lipinski definition) is 6. The molecule has 8 nitrogen and oxygen atoms in total. The van der Waals surface area contributed by atoms with Crippen LogP contribution < -0.4 is 16.8 Å². The van der Waals surface area contributed by atoms with Crippen molar-refractivity contribution >= 4 is 34.1 Å². The first-order chi connectivity index (χ1) is 16.1. The fourth-order valence-corrected chi connectivity index (χ4v) is 3.31. The van der Waals surface area contributed by atoms with Crippen molar-refractivity contribution < 1.29 is 22.4 Å². The van der Waals surface area contributed by atoms with E-state index in [1.807, 2.05) is 0 Å². The van der Waals surface area contributed by atoms with Crippen molar-refractivity contribution in [3.63, 3.8) is 0 Å². The number of anilines is 3. The Labute approximate surface area is 190 Å². The molecule has 0 saturated carbocycles. The lowest BCUT2D eigenvalue weighted by Gasteiger charge is -2.13. The molecule has 0 radical (unpaired) electrons. The van der Waals surface area contributed by atoms with E-state index < -0.39 is 35.3 Å². The number of fused-ring (bicyclic) bond motifs is 1. The van der Waals surface area contributed by atoms with Crippen molar-refractivity contribution in [2.45, 2.75) is 20.3 Å². The number of halogens is 4. The van der Waals surface area contributed by atoms with Crippen molar-refractivity contribution in [2.75, 3.05) is 16.8 Å². The first-order valence-electron chi connectivity index (χ1n) is 10.1. The number of nitrogens with two attached hydrogens (primary N) is 2. The lowest BCUT2D eigenvalue weighted by Crippen LogP contribution is -2.21. The molecule has 0 aliphatic heterocycles. The fraction of sp³-hybridized carbons (Fsp3) is 0.182. The minimum atomic E-state index is -1.37. The second-order valence-corrected chi connectivity index (χ2v) is 7.83. The number of rotatable bonds is 5. The highest BCUT2D eigenvalue weighted by molar-refractivity contribution is 5.97. The molecule has 176 valence electrons. The monoisotopic (exact) mass is 473 g/mol. The third-order valence-electron chi connectivity index (χ3n) is 5.12. The van der Waals surface area contributed by atoms with Crippen LogP contribution in [0.4, 0.5) is 34.9 Å². The summed E-state index contributed by atoms with van der Waals surface area (Å²) in [6.45, 7) is 3.36. The smallest absolute Gasteiger partial charge is 0.255 e. The largest absolute Gasteiger partial charge is 0.382 e. The predicted molar refractivity (Wildman–Crippen MR) is 118 cm³/mol. The third-order valence-corrected chi connectivity index (χ3v) is 5.12. The molecule has 5 N–H and O–H groups in total. The lowest BCUT2D eigenvalue weighted by atomic mass is 10.1. The molecule has 2 aromatic carbocycles. The van der Waals surface area contributed by atoms with E-state index in [0.717, 1.165) is 18.2 Å². The molecule has 2 heterocycles. The Kier molecular flexibility index (Phi) is 5.82. The standard InChI is InChI=1S/C22H19F4N7O/c1-9(2)21(34)29-18-19(27)30-22(31-20(18)28)33-16-6-3-10(23)7-12(16)15(32-33)8-11-13(24)4-5-14(25)17(11)26/h3-7,9H,8H2,1-2H3,(H,29,34)(H4,27,28,30,31). The summed E-state index contributed by atoms with van der Waals surface area (Å²) in [5, 5.41) is 7.02. The SMILES string of the molecule is CC(C)C(=O)Nc1c(N)nc(-n2nc(Cc3c(F)ccc(F)c3F)c3cc(F)ccc32)nc1N. The van der Waals surface area contributed by atoms with Gasteiger partial charge in [0, 0.05) is 23.3 Å². The Morgan fingerprint density at radius 1 is 1.03 bits per heavy atom. The number of nitrogens with zero attached hydrogens (tertiary/aromatic N) is 4. The number of amides is 1. The molecule has 0 aliphatic rings. The molecule has 4 aromatic rings. The maximum absolute atomic E-state index is 14.3. The van der Waals surface area contributed by atoms with E-state index in [1.54, 1.807) is 13.8 Å². The molecular weight excluding hydrogens is 454 g/mol. The molecule has 0 unspecified atom stereocenters. The minimum Gasteiger partial charge on any atom is -0.382 e. The number of nitrogen functional groups attached to an aromatic ring is 2. The van der Waals surface area contributed by atoms with Gasteiger partial charge in [0.2, 0.25) is 5.91 Å². The van der Waals surface area contributed by atoms with E-state index in [2.05, 4.69) is 20.4 Å². The van der Waals surface area contributed by atoms with Gasteiger partial charge in [0.15, 0.2) is 23.3 Å².